The summed E-state index contributed by atoms with van der Waals surface area (Å²) in [5.41, 5.74) is 9.16. The van der Waals surface area contributed by atoms with Crippen molar-refractivity contribution in [3.63, 3.8) is 0 Å². The van der Waals surface area contributed by atoms with Crippen molar-refractivity contribution in [2.24, 2.45) is 5.73 Å². The number of hydrogen-bond donors (Lipinski definition) is 1. The molecule has 7 nitrogen and oxygen atoms in total. The van der Waals surface area contributed by atoms with Gasteiger partial charge < -0.3 is 5.73 Å². The average Bonchev–Trinajstić information content (AvgIpc) is 3.26. The molecule has 0 unspecified atom stereocenters. The number of halogens is 1. The summed E-state index contributed by atoms with van der Waals surface area (Å²) >= 11 is 3.58. The lowest BCUT2D eigenvalue weighted by molar-refractivity contribution is 0.1000. The maximum atomic E-state index is 11.8. The number of aromatic nitrogens is 5. The number of carbonyl (C=O) groups excluding carboxylic acids is 1. The third-order valence-corrected chi connectivity index (χ3v) is 6.05. The predicted molar refractivity (Wildman–Crippen MR) is 126 cm³/mol. The highest BCUT2D eigenvalue weighted by Crippen LogP contribution is 2.30. The van der Waals surface area contributed by atoms with E-state index < -0.39 is 5.91 Å². The third kappa shape index (κ3) is 3.54. The highest BCUT2D eigenvalue weighted by molar-refractivity contribution is 9.10. The van der Waals surface area contributed by atoms with Crippen LogP contribution in [0.3, 0.4) is 0 Å². The lowest BCUT2D eigenvalue weighted by atomic mass is 10.1. The van der Waals surface area contributed by atoms with Gasteiger partial charge in [0.05, 0.1) is 5.69 Å². The molecular weight excluding hydrogens is 468 g/mol. The quantitative estimate of drug-likeness (QED) is 0.397. The standard InChI is InChI=1S/C24H17BrN6O/c1-14-5-6-17(12-20(14)25)23-29-24(21-19-13-27-9-7-15(19)8-10-28-21)31(30-23)18-4-2-3-16(11-18)22(26)32/h2-13H,1H3,(H2,26,32). The molecule has 1 amide bonds. The highest BCUT2D eigenvalue weighted by atomic mass is 79.9. The van der Waals surface area contributed by atoms with E-state index in [4.69, 9.17) is 15.8 Å². The Morgan fingerprint density at radius 2 is 1.91 bits per heavy atom. The molecule has 8 heteroatoms. The molecule has 0 aliphatic heterocycles. The molecule has 0 aliphatic rings. The average molecular weight is 485 g/mol. The lowest BCUT2D eigenvalue weighted by Gasteiger charge is -2.08. The second-order valence-corrected chi connectivity index (χ2v) is 8.16. The van der Waals surface area contributed by atoms with E-state index in [1.165, 1.54) is 0 Å². The zero-order valence-electron chi connectivity index (χ0n) is 17.0. The second kappa shape index (κ2) is 7.97. The van der Waals surface area contributed by atoms with Crippen molar-refractivity contribution < 1.29 is 4.79 Å². The van der Waals surface area contributed by atoms with Crippen molar-refractivity contribution in [3.8, 4) is 28.6 Å². The van der Waals surface area contributed by atoms with E-state index in [2.05, 4.69) is 25.9 Å². The fraction of sp³-hybridized carbons (Fsp3) is 0.0417. The van der Waals surface area contributed by atoms with Crippen LogP contribution in [0.1, 0.15) is 15.9 Å². The van der Waals surface area contributed by atoms with E-state index in [1.807, 2.05) is 43.3 Å². The molecule has 0 saturated heterocycles. The first-order valence-electron chi connectivity index (χ1n) is 9.84. The Hall–Kier alpha value is -3.91. The van der Waals surface area contributed by atoms with Gasteiger partial charge in [-0.3, -0.25) is 14.8 Å². The van der Waals surface area contributed by atoms with E-state index in [0.717, 1.165) is 26.4 Å². The molecular formula is C24H17BrN6O. The molecule has 0 saturated carbocycles. The minimum absolute atomic E-state index is 0.385. The summed E-state index contributed by atoms with van der Waals surface area (Å²) in [5.74, 6) is 0.563. The summed E-state index contributed by atoms with van der Waals surface area (Å²) in [4.78, 5) is 25.5. The molecule has 5 rings (SSSR count). The number of hydrogen-bond acceptors (Lipinski definition) is 5. The van der Waals surface area contributed by atoms with Crippen LogP contribution in [0.2, 0.25) is 0 Å². The number of rotatable bonds is 4. The smallest absolute Gasteiger partial charge is 0.248 e. The normalized spacial score (nSPS) is 11.1. The second-order valence-electron chi connectivity index (χ2n) is 7.31. The van der Waals surface area contributed by atoms with Gasteiger partial charge >= 0.3 is 0 Å². The predicted octanol–water partition coefficient (Wildman–Crippen LogP) is 4.71. The molecule has 32 heavy (non-hydrogen) atoms. The molecule has 0 atom stereocenters. The SMILES string of the molecule is Cc1ccc(-c2nc(-c3nccc4ccncc34)n(-c3cccc(C(N)=O)c3)n2)cc1Br. The van der Waals surface area contributed by atoms with Crippen molar-refractivity contribution in [3.05, 3.63) is 88.8 Å². The van der Waals surface area contributed by atoms with Gasteiger partial charge in [0.15, 0.2) is 11.6 Å². The molecule has 0 aliphatic carbocycles. The number of amides is 1. The van der Waals surface area contributed by atoms with Crippen LogP contribution >= 0.6 is 15.9 Å². The third-order valence-electron chi connectivity index (χ3n) is 5.19. The van der Waals surface area contributed by atoms with Crippen LogP contribution in [0.25, 0.3) is 39.4 Å². The summed E-state index contributed by atoms with van der Waals surface area (Å²) in [7, 11) is 0. The molecule has 156 valence electrons. The van der Waals surface area contributed by atoms with Gasteiger partial charge in [0, 0.05) is 39.6 Å². The van der Waals surface area contributed by atoms with Crippen LogP contribution in [-0.2, 0) is 0 Å². The minimum atomic E-state index is -0.510. The van der Waals surface area contributed by atoms with Crippen LogP contribution in [0.15, 0.2) is 77.7 Å². The van der Waals surface area contributed by atoms with Crippen LogP contribution < -0.4 is 5.73 Å². The highest BCUT2D eigenvalue weighted by Gasteiger charge is 2.19. The Morgan fingerprint density at radius 1 is 1.06 bits per heavy atom. The van der Waals surface area contributed by atoms with Crippen LogP contribution in [0.4, 0.5) is 0 Å². The Morgan fingerprint density at radius 3 is 2.72 bits per heavy atom. The van der Waals surface area contributed by atoms with Gasteiger partial charge in [-0.25, -0.2) is 9.67 Å². The van der Waals surface area contributed by atoms with Crippen molar-refractivity contribution in [1.82, 2.24) is 24.7 Å². The minimum Gasteiger partial charge on any atom is -0.366 e. The Balaban J connectivity index is 1.78. The molecule has 0 fully saturated rings. The molecule has 0 spiro atoms. The zero-order valence-corrected chi connectivity index (χ0v) is 18.6. The number of aryl methyl sites for hydroxylation is 1. The lowest BCUT2D eigenvalue weighted by Crippen LogP contribution is -2.11. The van der Waals surface area contributed by atoms with E-state index >= 15 is 0 Å². The fourth-order valence-electron chi connectivity index (χ4n) is 3.48. The first-order chi connectivity index (χ1) is 15.5. The van der Waals surface area contributed by atoms with E-state index in [9.17, 15) is 4.79 Å². The van der Waals surface area contributed by atoms with Crippen molar-refractivity contribution in [2.75, 3.05) is 0 Å². The van der Waals surface area contributed by atoms with Gasteiger partial charge in [-0.05, 0) is 54.3 Å². The van der Waals surface area contributed by atoms with Crippen LogP contribution in [0, 0.1) is 6.92 Å². The van der Waals surface area contributed by atoms with Crippen molar-refractivity contribution in [1.29, 1.82) is 0 Å². The molecule has 2 N–H and O–H groups in total. The molecule has 3 heterocycles. The Labute approximate surface area is 192 Å². The number of carbonyl (C=O) groups is 1. The van der Waals surface area contributed by atoms with Gasteiger partial charge in [0.25, 0.3) is 0 Å². The molecule has 5 aromatic rings. The molecule has 0 radical (unpaired) electrons. The first-order valence-corrected chi connectivity index (χ1v) is 10.6. The number of fused-ring (bicyclic) bond motifs is 1. The Bertz CT molecular complexity index is 1490. The summed E-state index contributed by atoms with van der Waals surface area (Å²) in [6, 6.07) is 16.8. The fourth-order valence-corrected chi connectivity index (χ4v) is 3.86. The topological polar surface area (TPSA) is 99.6 Å². The molecule has 2 aromatic carbocycles. The Kier molecular flexibility index (Phi) is 4.99. The number of nitrogens with zero attached hydrogens (tertiary/aromatic N) is 5. The van der Waals surface area contributed by atoms with Crippen LogP contribution in [-0.4, -0.2) is 30.6 Å². The number of primary amides is 1. The first kappa shape index (κ1) is 20.0. The largest absolute Gasteiger partial charge is 0.366 e. The maximum Gasteiger partial charge on any atom is 0.248 e. The van der Waals surface area contributed by atoms with E-state index in [-0.39, 0.29) is 0 Å². The van der Waals surface area contributed by atoms with Gasteiger partial charge in [-0.1, -0.05) is 34.1 Å². The number of pyridine rings is 2. The summed E-state index contributed by atoms with van der Waals surface area (Å²) in [6.07, 6.45) is 5.24. The zero-order chi connectivity index (χ0) is 22.2. The van der Waals surface area contributed by atoms with Crippen molar-refractivity contribution in [2.45, 2.75) is 6.92 Å². The van der Waals surface area contributed by atoms with Crippen LogP contribution in [0.5, 0.6) is 0 Å². The molecule has 0 bridgehead atoms. The van der Waals surface area contributed by atoms with E-state index in [0.29, 0.717) is 28.6 Å². The monoisotopic (exact) mass is 484 g/mol. The number of nitrogens with two attached hydrogens (primary N) is 1. The summed E-state index contributed by atoms with van der Waals surface area (Å²) in [6.45, 7) is 2.02. The summed E-state index contributed by atoms with van der Waals surface area (Å²) < 4.78 is 2.65. The van der Waals surface area contributed by atoms with Gasteiger partial charge in [0.1, 0.15) is 5.69 Å². The molecule has 3 aromatic heterocycles. The van der Waals surface area contributed by atoms with E-state index in [1.54, 1.807) is 41.5 Å². The van der Waals surface area contributed by atoms with Crippen molar-refractivity contribution >= 4 is 32.6 Å². The number of benzene rings is 2. The van der Waals surface area contributed by atoms with Gasteiger partial charge in [-0.15, -0.1) is 5.10 Å². The maximum absolute atomic E-state index is 11.8. The van der Waals surface area contributed by atoms with Gasteiger partial charge in [-0.2, -0.15) is 0 Å². The summed E-state index contributed by atoms with van der Waals surface area (Å²) in [5, 5.41) is 6.62. The van der Waals surface area contributed by atoms with Gasteiger partial charge in [0.2, 0.25) is 5.91 Å².